The highest BCUT2D eigenvalue weighted by Crippen LogP contribution is 2.55. The second-order valence-corrected chi connectivity index (χ2v) is 24.5. The molecule has 0 aliphatic carbocycles. The summed E-state index contributed by atoms with van der Waals surface area (Å²) in [6.07, 6.45) is 37.7. The summed E-state index contributed by atoms with van der Waals surface area (Å²) in [7, 11) is 0. The molecule has 3 aliphatic heterocycles. The van der Waals surface area contributed by atoms with Crippen LogP contribution in [0.3, 0.4) is 0 Å². The number of benzene rings is 8. The van der Waals surface area contributed by atoms with E-state index in [1.54, 1.807) is 0 Å². The fourth-order valence-electron chi connectivity index (χ4n) is 14.3. The van der Waals surface area contributed by atoms with E-state index < -0.39 is 0 Å². The molecule has 19 rings (SSSR count). The Kier molecular flexibility index (Phi) is 19.6. The first-order valence-electron chi connectivity index (χ1n) is 34.1. The molecule has 0 saturated carbocycles. The first-order chi connectivity index (χ1) is 49.3. The van der Waals surface area contributed by atoms with Crippen LogP contribution in [0.2, 0.25) is 0 Å². The predicted octanol–water partition coefficient (Wildman–Crippen LogP) is 21.2. The maximum atomic E-state index is 4.94. The Morgan fingerprint density at radius 2 is 0.283 bits per heavy atom. The third-order valence-corrected chi connectivity index (χ3v) is 18.6. The van der Waals surface area contributed by atoms with E-state index in [0.29, 0.717) is 0 Å². The van der Waals surface area contributed by atoms with Gasteiger partial charge in [0.1, 0.15) is 0 Å². The molecule has 0 spiro atoms. The number of rotatable bonds is 8. The van der Waals surface area contributed by atoms with Gasteiger partial charge in [0.25, 0.3) is 0 Å². The van der Waals surface area contributed by atoms with Crippen LogP contribution in [0.5, 0.6) is 0 Å². The summed E-state index contributed by atoms with van der Waals surface area (Å²) < 4.78 is 14.8. The summed E-state index contributed by atoms with van der Waals surface area (Å²) in [4.78, 5) is 35.0. The van der Waals surface area contributed by atoms with Crippen molar-refractivity contribution < 1.29 is 14.2 Å². The van der Waals surface area contributed by atoms with Crippen LogP contribution >= 0.6 is 0 Å². The van der Waals surface area contributed by atoms with Crippen LogP contribution in [0.1, 0.15) is 38.5 Å². The molecule has 0 atom stereocenters. The molecule has 3 aliphatic rings. The lowest BCUT2D eigenvalue weighted by Crippen LogP contribution is -1.98. The van der Waals surface area contributed by atoms with Crippen molar-refractivity contribution >= 4 is 64.6 Å². The number of hydrogen-bond acceptors (Lipinski definition) is 11. The predicted molar refractivity (Wildman–Crippen MR) is 404 cm³/mol. The third kappa shape index (κ3) is 13.3. The summed E-state index contributed by atoms with van der Waals surface area (Å²) in [5.41, 5.74) is 18.5. The van der Waals surface area contributed by atoms with Gasteiger partial charge in [-0.2, -0.15) is 0 Å². The van der Waals surface area contributed by atoms with E-state index in [1.807, 2.05) is 99.1 Å². The molecule has 8 aromatic heterocycles. The first kappa shape index (κ1) is 63.5. The molecule has 0 radical (unpaired) electrons. The van der Waals surface area contributed by atoms with E-state index in [2.05, 4.69) is 234 Å². The topological polar surface area (TPSA) is 131 Å². The van der Waals surface area contributed by atoms with Crippen LogP contribution in [0, 0.1) is 0 Å². The van der Waals surface area contributed by atoms with E-state index in [0.717, 1.165) is 84.1 Å². The van der Waals surface area contributed by atoms with E-state index in [1.165, 1.54) is 148 Å². The summed E-state index contributed by atoms with van der Waals surface area (Å²) in [6.45, 7) is 6.00. The van der Waals surface area contributed by atoms with Gasteiger partial charge in [-0.3, -0.25) is 39.9 Å². The minimum atomic E-state index is 1.00. The average molecular weight is 1290 g/mol. The van der Waals surface area contributed by atoms with Crippen LogP contribution in [-0.4, -0.2) is 79.5 Å². The quantitative estimate of drug-likeness (QED) is 0.135. The monoisotopic (exact) mass is 1290 g/mol. The summed E-state index contributed by atoms with van der Waals surface area (Å²) in [5.74, 6) is 0. The first-order valence-corrected chi connectivity index (χ1v) is 34.1. The lowest BCUT2D eigenvalue weighted by Gasteiger charge is -2.25. The van der Waals surface area contributed by atoms with Gasteiger partial charge < -0.3 is 14.2 Å². The Labute approximate surface area is 576 Å². The van der Waals surface area contributed by atoms with Crippen LogP contribution in [-0.2, 0) is 14.2 Å². The molecule has 482 valence electrons. The third-order valence-electron chi connectivity index (χ3n) is 18.6. The average Bonchev–Trinajstić information content (AvgIpc) is 0.805. The van der Waals surface area contributed by atoms with E-state index >= 15 is 0 Å². The van der Waals surface area contributed by atoms with Gasteiger partial charge in [0.15, 0.2) is 0 Å². The standard InChI is InChI=1S/2C38H24N4.3C4H8O/c2*1-2-6-30-29(5-1)33(25-9-17-39-18-10-25)37-35(27-13-21-41-22-14-27)31-7-3-4-8-32(31)36(28-15-23-42-24-16-28)38(37)34(30)26-11-19-40-20-12-26;3*1-2-4-5-3-1/h2*1-24H;3*1-4H2. The van der Waals surface area contributed by atoms with Gasteiger partial charge in [-0.05, 0) is 289 Å². The zero-order chi connectivity index (χ0) is 66.4. The smallest absolute Gasteiger partial charge is 0.0466 e. The van der Waals surface area contributed by atoms with Gasteiger partial charge in [0, 0.05) is 139 Å². The number of fused-ring (bicyclic) bond motifs is 6. The summed E-state index contributed by atoms with van der Waals surface area (Å²) in [6, 6.07) is 68.8. The van der Waals surface area contributed by atoms with Crippen molar-refractivity contribution in [3.63, 3.8) is 0 Å². The Bertz CT molecular complexity index is 4370. The second kappa shape index (κ2) is 30.6. The molecule has 0 N–H and O–H groups in total. The van der Waals surface area contributed by atoms with Crippen molar-refractivity contribution in [2.75, 3.05) is 39.6 Å². The zero-order valence-corrected chi connectivity index (χ0v) is 55.0. The van der Waals surface area contributed by atoms with Crippen molar-refractivity contribution in [2.24, 2.45) is 0 Å². The van der Waals surface area contributed by atoms with Gasteiger partial charge in [0.05, 0.1) is 0 Å². The minimum absolute atomic E-state index is 1.00. The second-order valence-electron chi connectivity index (χ2n) is 24.5. The van der Waals surface area contributed by atoms with Gasteiger partial charge in [-0.15, -0.1) is 0 Å². The summed E-state index contributed by atoms with van der Waals surface area (Å²) in [5, 5.41) is 14.3. The van der Waals surface area contributed by atoms with E-state index in [9.17, 15) is 0 Å². The van der Waals surface area contributed by atoms with Gasteiger partial charge in [0.2, 0.25) is 0 Å². The SMILES string of the molecule is C1CCOC1.C1CCOC1.C1CCOC1.c1ccc2c(-c3ccncc3)c3c(-c4ccncc4)c4ccccc4c(-c4ccncc4)c3c(-c3ccncc3)c2c1.c1ccc2c(-c3ccncc3)c3c(-c4ccncc4)c4ccccc4c(-c4ccncc4)c3c(-c3ccncc3)c2c1. The van der Waals surface area contributed by atoms with Crippen molar-refractivity contribution in [1.29, 1.82) is 0 Å². The van der Waals surface area contributed by atoms with Crippen LogP contribution in [0.4, 0.5) is 0 Å². The molecule has 99 heavy (non-hydrogen) atoms. The highest BCUT2D eigenvalue weighted by Gasteiger charge is 2.28. The Morgan fingerprint density at radius 1 is 0.162 bits per heavy atom. The maximum Gasteiger partial charge on any atom is 0.0466 e. The Balaban J connectivity index is 0.000000133. The number of nitrogens with zero attached hydrogens (tertiary/aromatic N) is 8. The largest absolute Gasteiger partial charge is 0.381 e. The van der Waals surface area contributed by atoms with Crippen molar-refractivity contribution in [3.05, 3.63) is 293 Å². The molecular formula is C88H72N8O3. The number of hydrogen-bond donors (Lipinski definition) is 0. The van der Waals surface area contributed by atoms with Gasteiger partial charge in [-0.25, -0.2) is 0 Å². The molecule has 0 amide bonds. The number of ether oxygens (including phenoxy) is 3. The maximum absolute atomic E-state index is 4.94. The van der Waals surface area contributed by atoms with Crippen molar-refractivity contribution in [1.82, 2.24) is 39.9 Å². The van der Waals surface area contributed by atoms with E-state index in [4.69, 9.17) is 14.2 Å². The lowest BCUT2D eigenvalue weighted by atomic mass is 9.78. The highest BCUT2D eigenvalue weighted by atomic mass is 16.5. The molecule has 3 saturated heterocycles. The molecule has 16 aromatic rings. The minimum Gasteiger partial charge on any atom is -0.381 e. The van der Waals surface area contributed by atoms with Crippen molar-refractivity contribution in [2.45, 2.75) is 38.5 Å². The fraction of sp³-hybridized carbons (Fsp3) is 0.136. The molecular weight excluding hydrogens is 1220 g/mol. The normalized spacial score (nSPS) is 13.3. The Morgan fingerprint density at radius 3 is 0.384 bits per heavy atom. The lowest BCUT2D eigenvalue weighted by molar-refractivity contribution is 0.198. The molecule has 3 fully saturated rings. The van der Waals surface area contributed by atoms with Crippen molar-refractivity contribution in [3.8, 4) is 89.0 Å². The van der Waals surface area contributed by atoms with Crippen LogP contribution in [0.15, 0.2) is 293 Å². The summed E-state index contributed by atoms with van der Waals surface area (Å²) >= 11 is 0. The molecule has 0 bridgehead atoms. The van der Waals surface area contributed by atoms with E-state index in [-0.39, 0.29) is 0 Å². The molecule has 0 unspecified atom stereocenters. The molecule has 8 aromatic carbocycles. The van der Waals surface area contributed by atoms with Gasteiger partial charge in [-0.1, -0.05) is 97.1 Å². The van der Waals surface area contributed by atoms with Gasteiger partial charge >= 0.3 is 0 Å². The Hall–Kier alpha value is -11.6. The highest BCUT2D eigenvalue weighted by molar-refractivity contribution is 6.35. The fourth-order valence-corrected chi connectivity index (χ4v) is 14.3. The molecule has 11 nitrogen and oxygen atoms in total. The molecule has 11 heterocycles. The molecule has 11 heteroatoms. The number of pyridine rings is 8. The number of aromatic nitrogens is 8. The van der Waals surface area contributed by atoms with Crippen LogP contribution < -0.4 is 0 Å². The van der Waals surface area contributed by atoms with Crippen LogP contribution in [0.25, 0.3) is 154 Å². The zero-order valence-electron chi connectivity index (χ0n) is 55.0.